The molecule has 0 saturated carbocycles. The van der Waals surface area contributed by atoms with E-state index in [9.17, 15) is 14.7 Å². The fraction of sp³-hybridized carbons (Fsp3) is 0.300. The van der Waals surface area contributed by atoms with Crippen LogP contribution in [0.3, 0.4) is 0 Å². The Morgan fingerprint density at radius 2 is 1.43 bits per heavy atom. The summed E-state index contributed by atoms with van der Waals surface area (Å²) >= 11 is 0. The van der Waals surface area contributed by atoms with Gasteiger partial charge in [0.25, 0.3) is 0 Å². The van der Waals surface area contributed by atoms with Crippen molar-refractivity contribution in [2.75, 3.05) is 6.61 Å². The van der Waals surface area contributed by atoms with E-state index < -0.39 is 42.5 Å². The number of hydrogen-bond donors (Lipinski definition) is 3. The first-order valence-electron chi connectivity index (χ1n) is 8.80. The maximum Gasteiger partial charge on any atom is 0.338 e. The lowest BCUT2D eigenvalue weighted by Gasteiger charge is -2.41. The predicted molar refractivity (Wildman–Crippen MR) is 99.2 cm³/mol. The summed E-state index contributed by atoms with van der Waals surface area (Å²) in [5.74, 6) is -1.18. The van der Waals surface area contributed by atoms with E-state index in [-0.39, 0.29) is 6.61 Å². The van der Waals surface area contributed by atoms with E-state index in [4.69, 9.17) is 25.7 Å². The highest BCUT2D eigenvalue weighted by molar-refractivity contribution is 5.89. The van der Waals surface area contributed by atoms with E-state index in [1.165, 1.54) is 0 Å². The summed E-state index contributed by atoms with van der Waals surface area (Å²) in [7, 11) is 0. The molecule has 1 heterocycles. The molecule has 5 atom stereocenters. The molecule has 148 valence electrons. The van der Waals surface area contributed by atoms with Gasteiger partial charge in [-0.05, 0) is 24.3 Å². The SMILES string of the molecule is NC1C(OC(=O)c2ccccc2)[C@H](N)C(COC(=O)c2ccccc2)O[C@H]1O. The number of benzene rings is 2. The fourth-order valence-corrected chi connectivity index (χ4v) is 2.88. The molecule has 1 fully saturated rings. The lowest BCUT2D eigenvalue weighted by Crippen LogP contribution is -2.66. The quantitative estimate of drug-likeness (QED) is 0.630. The van der Waals surface area contributed by atoms with Crippen LogP contribution in [0.5, 0.6) is 0 Å². The molecule has 0 aromatic heterocycles. The Kier molecular flexibility index (Phi) is 6.37. The second kappa shape index (κ2) is 8.94. The third-order valence-corrected chi connectivity index (χ3v) is 4.47. The van der Waals surface area contributed by atoms with Crippen LogP contribution in [0, 0.1) is 0 Å². The van der Waals surface area contributed by atoms with Crippen LogP contribution in [0.4, 0.5) is 0 Å². The van der Waals surface area contributed by atoms with Crippen molar-refractivity contribution in [1.29, 1.82) is 0 Å². The van der Waals surface area contributed by atoms with E-state index in [0.29, 0.717) is 11.1 Å². The molecule has 2 aromatic carbocycles. The van der Waals surface area contributed by atoms with E-state index in [2.05, 4.69) is 0 Å². The molecule has 0 amide bonds. The van der Waals surface area contributed by atoms with Crippen molar-refractivity contribution in [1.82, 2.24) is 0 Å². The van der Waals surface area contributed by atoms with Gasteiger partial charge in [-0.25, -0.2) is 9.59 Å². The molecule has 1 aliphatic rings. The summed E-state index contributed by atoms with van der Waals surface area (Å²) in [6, 6.07) is 14.8. The van der Waals surface area contributed by atoms with E-state index in [1.54, 1.807) is 60.7 Å². The zero-order valence-corrected chi connectivity index (χ0v) is 15.0. The molecule has 1 aliphatic heterocycles. The Hall–Kier alpha value is -2.78. The molecule has 5 N–H and O–H groups in total. The van der Waals surface area contributed by atoms with Crippen molar-refractivity contribution >= 4 is 11.9 Å². The summed E-state index contributed by atoms with van der Waals surface area (Å²) in [5, 5.41) is 10.1. The molecule has 2 aromatic rings. The van der Waals surface area contributed by atoms with Crippen molar-refractivity contribution in [3.8, 4) is 0 Å². The summed E-state index contributed by atoms with van der Waals surface area (Å²) < 4.78 is 16.0. The monoisotopic (exact) mass is 386 g/mol. The van der Waals surface area contributed by atoms with Crippen molar-refractivity contribution < 1.29 is 28.9 Å². The minimum absolute atomic E-state index is 0.224. The van der Waals surface area contributed by atoms with Crippen molar-refractivity contribution in [3.05, 3.63) is 71.8 Å². The lowest BCUT2D eigenvalue weighted by atomic mass is 9.95. The highest BCUT2D eigenvalue weighted by Crippen LogP contribution is 2.22. The first-order valence-corrected chi connectivity index (χ1v) is 8.80. The molecule has 0 radical (unpaired) electrons. The van der Waals surface area contributed by atoms with Gasteiger partial charge >= 0.3 is 11.9 Å². The number of rotatable bonds is 5. The second-order valence-electron chi connectivity index (χ2n) is 6.42. The largest absolute Gasteiger partial charge is 0.459 e. The number of hydrogen-bond acceptors (Lipinski definition) is 8. The van der Waals surface area contributed by atoms with Crippen molar-refractivity contribution in [2.45, 2.75) is 30.6 Å². The molecule has 0 aliphatic carbocycles. The van der Waals surface area contributed by atoms with E-state index in [0.717, 1.165) is 0 Å². The number of aliphatic hydroxyl groups is 1. The molecule has 0 spiro atoms. The van der Waals surface area contributed by atoms with Crippen LogP contribution in [0.2, 0.25) is 0 Å². The van der Waals surface area contributed by atoms with Gasteiger partial charge < -0.3 is 30.8 Å². The Morgan fingerprint density at radius 3 is 2.00 bits per heavy atom. The smallest absolute Gasteiger partial charge is 0.338 e. The standard InChI is InChI=1S/C20H22N2O6/c21-15-14(11-26-18(23)12-7-3-1-4-8-12)27-20(25)16(22)17(15)28-19(24)13-9-5-2-6-10-13/h1-10,14-17,20,25H,11,21-22H2/t14?,15-,16?,17?,20-/m1/s1. The topological polar surface area (TPSA) is 134 Å². The first kappa shape index (κ1) is 20.0. The zero-order valence-electron chi connectivity index (χ0n) is 15.0. The second-order valence-corrected chi connectivity index (χ2v) is 6.42. The minimum atomic E-state index is -1.42. The van der Waals surface area contributed by atoms with Crippen LogP contribution < -0.4 is 11.5 Å². The fourth-order valence-electron chi connectivity index (χ4n) is 2.88. The molecule has 28 heavy (non-hydrogen) atoms. The number of carbonyl (C=O) groups is 2. The van der Waals surface area contributed by atoms with Gasteiger partial charge in [-0.2, -0.15) is 0 Å². The Bertz CT molecular complexity index is 801. The summed E-state index contributed by atoms with van der Waals surface area (Å²) in [6.45, 7) is -0.224. The average Bonchev–Trinajstić information content (AvgIpc) is 2.73. The van der Waals surface area contributed by atoms with Crippen LogP contribution in [0.1, 0.15) is 20.7 Å². The maximum absolute atomic E-state index is 12.3. The number of carbonyl (C=O) groups excluding carboxylic acids is 2. The van der Waals surface area contributed by atoms with Gasteiger partial charge in [-0.1, -0.05) is 36.4 Å². The van der Waals surface area contributed by atoms with Gasteiger partial charge in [-0.15, -0.1) is 0 Å². The average molecular weight is 386 g/mol. The molecular formula is C20H22N2O6. The van der Waals surface area contributed by atoms with Gasteiger partial charge in [0, 0.05) is 0 Å². The molecule has 0 bridgehead atoms. The third kappa shape index (κ3) is 4.55. The zero-order chi connectivity index (χ0) is 20.1. The Balaban J connectivity index is 1.65. The highest BCUT2D eigenvalue weighted by atomic mass is 16.6. The van der Waals surface area contributed by atoms with Gasteiger partial charge in [0.05, 0.1) is 23.2 Å². The number of aliphatic hydroxyl groups excluding tert-OH is 1. The Morgan fingerprint density at radius 1 is 0.893 bits per heavy atom. The van der Waals surface area contributed by atoms with Crippen LogP contribution >= 0.6 is 0 Å². The highest BCUT2D eigenvalue weighted by Gasteiger charge is 2.44. The lowest BCUT2D eigenvalue weighted by molar-refractivity contribution is -0.215. The molecule has 8 heteroatoms. The summed E-state index contributed by atoms with van der Waals surface area (Å²) in [4.78, 5) is 24.4. The van der Waals surface area contributed by atoms with Gasteiger partial charge in [0.2, 0.25) is 0 Å². The van der Waals surface area contributed by atoms with E-state index in [1.807, 2.05) is 0 Å². The maximum atomic E-state index is 12.3. The molecule has 3 unspecified atom stereocenters. The van der Waals surface area contributed by atoms with Crippen LogP contribution in [0.25, 0.3) is 0 Å². The molecular weight excluding hydrogens is 364 g/mol. The van der Waals surface area contributed by atoms with Crippen molar-refractivity contribution in [3.63, 3.8) is 0 Å². The number of nitrogens with two attached hydrogens (primary N) is 2. The number of ether oxygens (including phenoxy) is 3. The molecule has 1 saturated heterocycles. The van der Waals surface area contributed by atoms with Gasteiger partial charge in [0.1, 0.15) is 18.8 Å². The minimum Gasteiger partial charge on any atom is -0.459 e. The van der Waals surface area contributed by atoms with Crippen LogP contribution in [-0.4, -0.2) is 54.2 Å². The normalized spacial score (nSPS) is 27.0. The predicted octanol–water partition coefficient (Wildman–Crippen LogP) is 0.441. The van der Waals surface area contributed by atoms with Gasteiger partial charge in [0.15, 0.2) is 6.29 Å². The summed E-state index contributed by atoms with van der Waals surface area (Å²) in [5.41, 5.74) is 12.8. The first-order chi connectivity index (χ1) is 13.5. The van der Waals surface area contributed by atoms with Crippen LogP contribution in [0.15, 0.2) is 60.7 Å². The van der Waals surface area contributed by atoms with Gasteiger partial charge in [-0.3, -0.25) is 0 Å². The third-order valence-electron chi connectivity index (χ3n) is 4.47. The van der Waals surface area contributed by atoms with Crippen LogP contribution in [-0.2, 0) is 14.2 Å². The molecule has 3 rings (SSSR count). The molecule has 8 nitrogen and oxygen atoms in total. The van der Waals surface area contributed by atoms with Crippen molar-refractivity contribution in [2.24, 2.45) is 11.5 Å². The summed E-state index contributed by atoms with van der Waals surface area (Å²) in [6.07, 6.45) is -3.33. The Labute approximate surface area is 162 Å². The van der Waals surface area contributed by atoms with E-state index >= 15 is 0 Å². The number of esters is 2.